The maximum Gasteiger partial charge on any atom is 0.166 e. The van der Waals surface area contributed by atoms with Gasteiger partial charge in [-0.25, -0.2) is 0 Å². The van der Waals surface area contributed by atoms with Crippen molar-refractivity contribution in [3.05, 3.63) is 23.8 Å². The molecule has 0 unspecified atom stereocenters. The lowest BCUT2D eigenvalue weighted by Crippen LogP contribution is -2.04. The van der Waals surface area contributed by atoms with Gasteiger partial charge >= 0.3 is 0 Å². The van der Waals surface area contributed by atoms with Crippen LogP contribution >= 0.6 is 0 Å². The van der Waals surface area contributed by atoms with E-state index in [0.29, 0.717) is 30.1 Å². The molecule has 0 aliphatic rings. The fraction of sp³-hybridized carbons (Fsp3) is 0.500. The van der Waals surface area contributed by atoms with Crippen LogP contribution < -0.4 is 9.47 Å². The van der Waals surface area contributed by atoms with Crippen molar-refractivity contribution in [2.45, 2.75) is 20.0 Å². The van der Waals surface area contributed by atoms with Crippen LogP contribution in [0.15, 0.2) is 18.2 Å². The van der Waals surface area contributed by atoms with Gasteiger partial charge in [0.2, 0.25) is 0 Å². The monoisotopic (exact) mass is 228 g/mol. The van der Waals surface area contributed by atoms with E-state index in [1.807, 2.05) is 6.92 Å². The van der Waals surface area contributed by atoms with Crippen molar-refractivity contribution in [2.75, 3.05) is 19.9 Å². The van der Waals surface area contributed by atoms with Gasteiger partial charge in [0.25, 0.3) is 0 Å². The lowest BCUT2D eigenvalue weighted by molar-refractivity contribution is 0.241. The molecule has 0 amide bonds. The van der Waals surface area contributed by atoms with Crippen molar-refractivity contribution in [3.63, 3.8) is 0 Å². The van der Waals surface area contributed by atoms with E-state index < -0.39 is 6.67 Å². The molecule has 0 fully saturated rings. The van der Waals surface area contributed by atoms with Gasteiger partial charge in [0, 0.05) is 12.0 Å². The standard InChI is InChI=1S/C12H17FO3/c1-2-15-11-6-3-5-10(9-14)12(11)16-8-4-7-13/h3,5-6,14H,2,4,7-9H2,1H3. The van der Waals surface area contributed by atoms with Crippen LogP contribution in [0.2, 0.25) is 0 Å². The van der Waals surface area contributed by atoms with Crippen LogP contribution in [-0.4, -0.2) is 25.0 Å². The molecule has 0 aromatic heterocycles. The molecule has 4 heteroatoms. The second kappa shape index (κ2) is 7.06. The maximum absolute atomic E-state index is 12.0. The molecule has 0 atom stereocenters. The minimum absolute atomic E-state index is 0.119. The van der Waals surface area contributed by atoms with Crippen LogP contribution in [0, 0.1) is 0 Å². The van der Waals surface area contributed by atoms with E-state index in [1.54, 1.807) is 18.2 Å². The van der Waals surface area contributed by atoms with Crippen molar-refractivity contribution < 1.29 is 19.0 Å². The van der Waals surface area contributed by atoms with E-state index in [2.05, 4.69) is 0 Å². The zero-order valence-electron chi connectivity index (χ0n) is 9.41. The minimum Gasteiger partial charge on any atom is -0.490 e. The van der Waals surface area contributed by atoms with Gasteiger partial charge < -0.3 is 14.6 Å². The largest absolute Gasteiger partial charge is 0.490 e. The number of halogens is 1. The molecule has 1 rings (SSSR count). The van der Waals surface area contributed by atoms with Gasteiger partial charge in [0.1, 0.15) is 0 Å². The number of hydrogen-bond acceptors (Lipinski definition) is 3. The summed E-state index contributed by atoms with van der Waals surface area (Å²) in [5, 5.41) is 9.16. The Bertz CT molecular complexity index is 315. The van der Waals surface area contributed by atoms with Crippen molar-refractivity contribution in [1.82, 2.24) is 0 Å². The smallest absolute Gasteiger partial charge is 0.166 e. The van der Waals surface area contributed by atoms with Crippen LogP contribution in [0.5, 0.6) is 11.5 Å². The second-order valence-electron chi connectivity index (χ2n) is 3.23. The maximum atomic E-state index is 12.0. The van der Waals surface area contributed by atoms with Gasteiger partial charge in [-0.15, -0.1) is 0 Å². The molecule has 0 saturated carbocycles. The third-order valence-corrected chi connectivity index (χ3v) is 2.06. The third-order valence-electron chi connectivity index (χ3n) is 2.06. The van der Waals surface area contributed by atoms with E-state index in [4.69, 9.17) is 14.6 Å². The molecular weight excluding hydrogens is 211 g/mol. The molecule has 90 valence electrons. The fourth-order valence-corrected chi connectivity index (χ4v) is 1.35. The summed E-state index contributed by atoms with van der Waals surface area (Å²) in [5.41, 5.74) is 0.657. The summed E-state index contributed by atoms with van der Waals surface area (Å²) >= 11 is 0. The average molecular weight is 228 g/mol. The molecular formula is C12H17FO3. The predicted molar refractivity (Wildman–Crippen MR) is 59.6 cm³/mol. The average Bonchev–Trinajstić information content (AvgIpc) is 2.31. The fourth-order valence-electron chi connectivity index (χ4n) is 1.35. The summed E-state index contributed by atoms with van der Waals surface area (Å²) in [6.45, 7) is 2.15. The zero-order valence-corrected chi connectivity index (χ0v) is 9.41. The third kappa shape index (κ3) is 3.38. The Labute approximate surface area is 94.8 Å². The minimum atomic E-state index is -0.411. The van der Waals surface area contributed by atoms with E-state index in [0.717, 1.165) is 0 Å². The van der Waals surface area contributed by atoms with Crippen LogP contribution in [0.1, 0.15) is 18.9 Å². The summed E-state index contributed by atoms with van der Waals surface area (Å²) in [4.78, 5) is 0. The molecule has 0 spiro atoms. The van der Waals surface area contributed by atoms with Gasteiger partial charge in [-0.3, -0.25) is 4.39 Å². The molecule has 0 heterocycles. The number of benzene rings is 1. The molecule has 0 aliphatic heterocycles. The van der Waals surface area contributed by atoms with Crippen LogP contribution in [0.4, 0.5) is 4.39 Å². The second-order valence-corrected chi connectivity index (χ2v) is 3.23. The van der Waals surface area contributed by atoms with E-state index in [1.165, 1.54) is 0 Å². The number of hydrogen-bond donors (Lipinski definition) is 1. The Hall–Kier alpha value is -1.29. The van der Waals surface area contributed by atoms with Crippen molar-refractivity contribution in [2.24, 2.45) is 0 Å². The van der Waals surface area contributed by atoms with Gasteiger partial charge in [-0.2, -0.15) is 0 Å². The number of para-hydroxylation sites is 1. The highest BCUT2D eigenvalue weighted by atomic mass is 19.1. The molecule has 0 bridgehead atoms. The van der Waals surface area contributed by atoms with Gasteiger partial charge in [0.15, 0.2) is 11.5 Å². The normalized spacial score (nSPS) is 10.2. The van der Waals surface area contributed by atoms with Crippen LogP contribution in [0.25, 0.3) is 0 Å². The number of aliphatic hydroxyl groups is 1. The summed E-state index contributed by atoms with van der Waals surface area (Å²) in [5.74, 6) is 1.10. The molecule has 1 N–H and O–H groups in total. The molecule has 16 heavy (non-hydrogen) atoms. The number of ether oxygens (including phenoxy) is 2. The number of alkyl halides is 1. The van der Waals surface area contributed by atoms with E-state index in [-0.39, 0.29) is 13.2 Å². The Morgan fingerprint density at radius 3 is 2.75 bits per heavy atom. The first-order valence-corrected chi connectivity index (χ1v) is 5.37. The van der Waals surface area contributed by atoms with Crippen LogP contribution in [-0.2, 0) is 6.61 Å². The highest BCUT2D eigenvalue weighted by molar-refractivity contribution is 5.46. The van der Waals surface area contributed by atoms with Crippen LogP contribution in [0.3, 0.4) is 0 Å². The molecule has 0 aliphatic carbocycles. The van der Waals surface area contributed by atoms with Gasteiger partial charge in [-0.05, 0) is 13.0 Å². The summed E-state index contributed by atoms with van der Waals surface area (Å²) in [6.07, 6.45) is 0.339. The molecule has 1 aromatic rings. The first kappa shape index (κ1) is 12.8. The highest BCUT2D eigenvalue weighted by Crippen LogP contribution is 2.31. The predicted octanol–water partition coefficient (Wildman–Crippen LogP) is 2.32. The van der Waals surface area contributed by atoms with Crippen molar-refractivity contribution >= 4 is 0 Å². The summed E-state index contributed by atoms with van der Waals surface area (Å²) in [6, 6.07) is 5.32. The Kier molecular flexibility index (Phi) is 5.64. The van der Waals surface area contributed by atoms with Crippen molar-refractivity contribution in [1.29, 1.82) is 0 Å². The number of aliphatic hydroxyl groups excluding tert-OH is 1. The first-order chi connectivity index (χ1) is 7.83. The first-order valence-electron chi connectivity index (χ1n) is 5.37. The highest BCUT2D eigenvalue weighted by Gasteiger charge is 2.09. The Balaban J connectivity index is 2.81. The molecule has 1 aromatic carbocycles. The van der Waals surface area contributed by atoms with Gasteiger partial charge in [0.05, 0.1) is 26.5 Å². The topological polar surface area (TPSA) is 38.7 Å². The van der Waals surface area contributed by atoms with Gasteiger partial charge in [-0.1, -0.05) is 12.1 Å². The lowest BCUT2D eigenvalue weighted by atomic mass is 10.2. The van der Waals surface area contributed by atoms with E-state index >= 15 is 0 Å². The Morgan fingerprint density at radius 1 is 1.31 bits per heavy atom. The SMILES string of the molecule is CCOc1cccc(CO)c1OCCCF. The zero-order chi connectivity index (χ0) is 11.8. The molecule has 3 nitrogen and oxygen atoms in total. The number of rotatable bonds is 7. The quantitative estimate of drug-likeness (QED) is 0.728. The molecule has 0 radical (unpaired) electrons. The Morgan fingerprint density at radius 2 is 2.12 bits per heavy atom. The summed E-state index contributed by atoms with van der Waals surface area (Å²) < 4.78 is 22.8. The molecule has 0 saturated heterocycles. The lowest BCUT2D eigenvalue weighted by Gasteiger charge is -2.14. The van der Waals surface area contributed by atoms with E-state index in [9.17, 15) is 4.39 Å². The summed E-state index contributed by atoms with van der Waals surface area (Å²) in [7, 11) is 0. The van der Waals surface area contributed by atoms with Crippen molar-refractivity contribution in [3.8, 4) is 11.5 Å².